The molecule has 0 radical (unpaired) electrons. The largest absolute Gasteiger partial charge is 1.00 e. The Morgan fingerprint density at radius 1 is 1.11 bits per heavy atom. The van der Waals surface area contributed by atoms with E-state index in [-0.39, 0.29) is 77.9 Å². The van der Waals surface area contributed by atoms with E-state index in [4.69, 9.17) is 0 Å². The molecule has 1 amide bonds. The molecule has 7 nitrogen and oxygen atoms in total. The monoisotopic (exact) mass is 429 g/mol. The minimum absolute atomic E-state index is 0. The first-order chi connectivity index (χ1) is 11.9. The summed E-state index contributed by atoms with van der Waals surface area (Å²) in [6.07, 6.45) is -0.151. The van der Waals surface area contributed by atoms with Crippen LogP contribution in [0.3, 0.4) is 0 Å². The molecule has 146 valence electrons. The first kappa shape index (κ1) is 30.5. The minimum atomic E-state index is -5.02. The molecular weight excluding hydrogens is 403 g/mol. The van der Waals surface area contributed by atoms with E-state index in [1.807, 2.05) is 26.0 Å². The molecule has 0 aliphatic heterocycles. The fourth-order valence-electron chi connectivity index (χ4n) is 2.57. The molecule has 0 spiro atoms. The Labute approximate surface area is 210 Å². The molecule has 0 heterocycles. The van der Waals surface area contributed by atoms with Crippen LogP contribution >= 0.6 is 7.60 Å². The number of benzene rings is 1. The van der Waals surface area contributed by atoms with Crippen LogP contribution in [0.25, 0.3) is 0 Å². The summed E-state index contributed by atoms with van der Waals surface area (Å²) in [6, 6.07) is 5.71. The molecular formula is C18H26NNa2O6P. The number of carbonyl (C=O) groups is 2. The Morgan fingerprint density at radius 3 is 1.96 bits per heavy atom. The van der Waals surface area contributed by atoms with E-state index < -0.39 is 31.2 Å². The SMILES string of the molecule is CC(C)C[C@H](NC(=O)C(Cc1ccc(C(C)C)cc1)P(=O)([O-])O)C(=O)[O-].[Na+].[Na+]. The Kier molecular flexibility index (Phi) is 14.8. The van der Waals surface area contributed by atoms with E-state index in [9.17, 15) is 29.0 Å². The zero-order valence-electron chi connectivity index (χ0n) is 17.5. The Morgan fingerprint density at radius 2 is 1.61 bits per heavy atom. The van der Waals surface area contributed by atoms with Crippen molar-refractivity contribution in [3.8, 4) is 0 Å². The number of nitrogens with one attached hydrogen (secondary N) is 1. The summed E-state index contributed by atoms with van der Waals surface area (Å²) in [7, 11) is -5.02. The Balaban J connectivity index is 0. The molecule has 0 aromatic heterocycles. The Bertz CT molecular complexity index is 675. The van der Waals surface area contributed by atoms with Crippen molar-refractivity contribution < 1.29 is 88.2 Å². The standard InChI is InChI=1S/C18H28NO6P.2Na/c1-11(2)9-15(18(21)22)19-17(20)16(26(23,24)25)10-13-5-7-14(8-6-13)12(3)4;;/h5-8,11-12,15-16H,9-10H2,1-4H3,(H,19,20)(H,21,22)(H2,23,24,25);;/q;2*+1/p-2/t15-,16?;;/m0../s1. The average molecular weight is 429 g/mol. The minimum Gasteiger partial charge on any atom is -0.778 e. The van der Waals surface area contributed by atoms with E-state index in [0.29, 0.717) is 11.5 Å². The first-order valence-corrected chi connectivity index (χ1v) is 10.2. The summed E-state index contributed by atoms with van der Waals surface area (Å²) in [5, 5.41) is 13.3. The van der Waals surface area contributed by atoms with Crippen LogP contribution in [0.2, 0.25) is 0 Å². The molecule has 0 aliphatic rings. The second kappa shape index (κ2) is 13.6. The second-order valence-electron chi connectivity index (χ2n) is 7.19. The third-order valence-corrected chi connectivity index (χ3v) is 5.28. The van der Waals surface area contributed by atoms with Gasteiger partial charge in [-0.05, 0) is 35.8 Å². The van der Waals surface area contributed by atoms with Gasteiger partial charge in [0.05, 0.1) is 12.0 Å². The van der Waals surface area contributed by atoms with Crippen molar-refractivity contribution in [3.63, 3.8) is 0 Å². The zero-order chi connectivity index (χ0) is 20.1. The van der Waals surface area contributed by atoms with Crippen molar-refractivity contribution in [2.75, 3.05) is 0 Å². The van der Waals surface area contributed by atoms with Gasteiger partial charge in [-0.2, -0.15) is 0 Å². The van der Waals surface area contributed by atoms with Crippen LogP contribution in [0.15, 0.2) is 24.3 Å². The summed E-state index contributed by atoms with van der Waals surface area (Å²) < 4.78 is 11.7. The van der Waals surface area contributed by atoms with E-state index in [1.54, 1.807) is 26.0 Å². The second-order valence-corrected chi connectivity index (χ2v) is 8.94. The maximum absolute atomic E-state index is 12.3. The fraction of sp³-hybridized carbons (Fsp3) is 0.556. The maximum atomic E-state index is 12.3. The number of carbonyl (C=O) groups excluding carboxylic acids is 2. The molecule has 0 bridgehead atoms. The van der Waals surface area contributed by atoms with Crippen molar-refractivity contribution in [1.82, 2.24) is 5.32 Å². The van der Waals surface area contributed by atoms with Crippen LogP contribution in [0, 0.1) is 5.92 Å². The normalized spacial score (nSPS) is 15.0. The van der Waals surface area contributed by atoms with Crippen LogP contribution < -0.4 is 74.4 Å². The number of aliphatic carboxylic acids is 1. The third kappa shape index (κ3) is 10.4. The topological polar surface area (TPSA) is 130 Å². The van der Waals surface area contributed by atoms with Crippen molar-refractivity contribution in [3.05, 3.63) is 35.4 Å². The first-order valence-electron chi connectivity index (χ1n) is 8.55. The van der Waals surface area contributed by atoms with Gasteiger partial charge in [0.15, 0.2) is 0 Å². The molecule has 0 saturated carbocycles. The number of rotatable bonds is 9. The molecule has 1 aromatic rings. The van der Waals surface area contributed by atoms with Gasteiger partial charge >= 0.3 is 59.1 Å². The van der Waals surface area contributed by atoms with Crippen molar-refractivity contribution in [2.45, 2.75) is 58.2 Å². The van der Waals surface area contributed by atoms with Crippen molar-refractivity contribution in [2.24, 2.45) is 5.92 Å². The van der Waals surface area contributed by atoms with Gasteiger partial charge in [0, 0.05) is 0 Å². The van der Waals surface area contributed by atoms with Gasteiger partial charge in [-0.3, -0.25) is 4.79 Å². The third-order valence-electron chi connectivity index (χ3n) is 4.08. The zero-order valence-corrected chi connectivity index (χ0v) is 22.4. The molecule has 1 rings (SSSR count). The van der Waals surface area contributed by atoms with E-state index in [1.165, 1.54) is 0 Å². The molecule has 0 fully saturated rings. The van der Waals surface area contributed by atoms with Crippen LogP contribution in [0.1, 0.15) is 51.2 Å². The maximum Gasteiger partial charge on any atom is 1.00 e. The molecule has 10 heteroatoms. The molecule has 0 aliphatic carbocycles. The summed E-state index contributed by atoms with van der Waals surface area (Å²) in [6.45, 7) is 7.56. The summed E-state index contributed by atoms with van der Waals surface area (Å²) in [4.78, 5) is 44.6. The Hall–Kier alpha value is 0.310. The summed E-state index contributed by atoms with van der Waals surface area (Å²) in [5.41, 5.74) is -0.159. The van der Waals surface area contributed by atoms with Gasteiger partial charge in [-0.1, -0.05) is 52.0 Å². The van der Waals surface area contributed by atoms with Crippen molar-refractivity contribution in [1.29, 1.82) is 0 Å². The predicted octanol–water partition coefficient (Wildman–Crippen LogP) is -5.44. The quantitative estimate of drug-likeness (QED) is 0.298. The molecule has 28 heavy (non-hydrogen) atoms. The van der Waals surface area contributed by atoms with Gasteiger partial charge in [0.2, 0.25) is 5.91 Å². The summed E-state index contributed by atoms with van der Waals surface area (Å²) in [5.74, 6) is -2.29. The predicted molar refractivity (Wildman–Crippen MR) is 94.2 cm³/mol. The number of carboxylic acids is 1. The van der Waals surface area contributed by atoms with E-state index in [0.717, 1.165) is 5.56 Å². The van der Waals surface area contributed by atoms with E-state index in [2.05, 4.69) is 5.32 Å². The van der Waals surface area contributed by atoms with Crippen LogP contribution in [0.4, 0.5) is 0 Å². The van der Waals surface area contributed by atoms with E-state index >= 15 is 0 Å². The van der Waals surface area contributed by atoms with Gasteiger partial charge in [0.1, 0.15) is 13.3 Å². The summed E-state index contributed by atoms with van der Waals surface area (Å²) >= 11 is 0. The number of amides is 1. The molecule has 1 aromatic carbocycles. The van der Waals surface area contributed by atoms with Gasteiger partial charge in [-0.15, -0.1) is 0 Å². The smallest absolute Gasteiger partial charge is 0.778 e. The fourth-order valence-corrected chi connectivity index (χ4v) is 3.38. The van der Waals surface area contributed by atoms with Gasteiger partial charge in [0.25, 0.3) is 0 Å². The molecule has 3 atom stereocenters. The van der Waals surface area contributed by atoms with Gasteiger partial charge < -0.3 is 29.6 Å². The van der Waals surface area contributed by atoms with Crippen molar-refractivity contribution >= 4 is 19.5 Å². The van der Waals surface area contributed by atoms with Crippen LogP contribution in [-0.2, 0) is 20.6 Å². The van der Waals surface area contributed by atoms with Crippen LogP contribution in [-0.4, -0.2) is 28.5 Å². The van der Waals surface area contributed by atoms with Crippen LogP contribution in [0.5, 0.6) is 0 Å². The van der Waals surface area contributed by atoms with Gasteiger partial charge in [-0.25, -0.2) is 0 Å². The number of carboxylic acid groups (broad SMARTS) is 1. The molecule has 2 unspecified atom stereocenters. The average Bonchev–Trinajstić information content (AvgIpc) is 2.50. The molecule has 0 saturated heterocycles. The molecule has 2 N–H and O–H groups in total. The number of hydrogen-bond donors (Lipinski definition) is 2. The number of hydrogen-bond acceptors (Lipinski definition) is 5.